The zero-order chi connectivity index (χ0) is 15.6. The van der Waals surface area contributed by atoms with Gasteiger partial charge in [0.2, 0.25) is 0 Å². The van der Waals surface area contributed by atoms with Crippen LogP contribution in [-0.4, -0.2) is 20.9 Å². The summed E-state index contributed by atoms with van der Waals surface area (Å²) in [4.78, 5) is 12.0. The van der Waals surface area contributed by atoms with Gasteiger partial charge in [-0.3, -0.25) is 4.68 Å². The first kappa shape index (κ1) is 16.4. The van der Waals surface area contributed by atoms with E-state index in [-0.39, 0.29) is 5.56 Å². The summed E-state index contributed by atoms with van der Waals surface area (Å²) < 4.78 is 2.60. The molecule has 2 aromatic rings. The first-order valence-electron chi connectivity index (χ1n) is 6.30. The van der Waals surface area contributed by atoms with Crippen molar-refractivity contribution in [2.24, 2.45) is 7.05 Å². The molecule has 0 aliphatic heterocycles. The molecule has 0 saturated carbocycles. The van der Waals surface area contributed by atoms with E-state index in [2.05, 4.69) is 21.0 Å². The summed E-state index contributed by atoms with van der Waals surface area (Å²) >= 11 is 11.1. The van der Waals surface area contributed by atoms with Gasteiger partial charge in [-0.25, -0.2) is 4.79 Å². The summed E-state index contributed by atoms with van der Waals surface area (Å²) in [6.45, 7) is 2.00. The van der Waals surface area contributed by atoms with Gasteiger partial charge in [-0.2, -0.15) is 5.10 Å². The molecule has 1 aromatic heterocycles. The summed E-state index contributed by atoms with van der Waals surface area (Å²) in [5.41, 5.74) is 2.05. The maximum Gasteiger partial charge on any atom is 0.336 e. The Hall–Kier alpha value is -0.980. The van der Waals surface area contributed by atoms with Gasteiger partial charge < -0.3 is 5.11 Å². The number of rotatable bonds is 5. The molecule has 0 radical (unpaired) electrons. The maximum atomic E-state index is 11.3. The third-order valence-corrected chi connectivity index (χ3v) is 5.04. The lowest BCUT2D eigenvalue weighted by atomic mass is 10.2. The Kier molecular flexibility index (Phi) is 5.35. The summed E-state index contributed by atoms with van der Waals surface area (Å²) in [5.74, 6) is -0.366. The highest BCUT2D eigenvalue weighted by molar-refractivity contribution is 9.10. The molecule has 0 aliphatic carbocycles. The average molecular weight is 390 g/mol. The molecule has 21 heavy (non-hydrogen) atoms. The molecule has 0 amide bonds. The molecular weight excluding hydrogens is 376 g/mol. The van der Waals surface area contributed by atoms with Crippen LogP contribution in [0.2, 0.25) is 5.02 Å². The van der Waals surface area contributed by atoms with Crippen LogP contribution in [0.15, 0.2) is 27.6 Å². The fraction of sp³-hybridized carbons (Fsp3) is 0.286. The third kappa shape index (κ3) is 3.62. The van der Waals surface area contributed by atoms with Crippen molar-refractivity contribution < 1.29 is 9.90 Å². The number of benzene rings is 1. The Morgan fingerprint density at radius 1 is 1.52 bits per heavy atom. The van der Waals surface area contributed by atoms with Crippen molar-refractivity contribution in [1.82, 2.24) is 9.78 Å². The van der Waals surface area contributed by atoms with E-state index in [1.807, 2.05) is 14.0 Å². The van der Waals surface area contributed by atoms with Crippen molar-refractivity contribution in [3.63, 3.8) is 0 Å². The number of hydrogen-bond donors (Lipinski definition) is 1. The monoisotopic (exact) mass is 388 g/mol. The van der Waals surface area contributed by atoms with Gasteiger partial charge in [0.1, 0.15) is 0 Å². The topological polar surface area (TPSA) is 55.1 Å². The second-order valence-corrected chi connectivity index (χ2v) is 6.73. The fourth-order valence-corrected chi connectivity index (χ4v) is 4.01. The van der Waals surface area contributed by atoms with Gasteiger partial charge in [0.05, 0.1) is 22.0 Å². The number of carboxylic acids is 1. The van der Waals surface area contributed by atoms with Crippen LogP contribution in [0.4, 0.5) is 0 Å². The molecule has 0 aliphatic rings. The first-order valence-corrected chi connectivity index (χ1v) is 8.45. The predicted octanol–water partition coefficient (Wildman–Crippen LogP) is 4.39. The highest BCUT2D eigenvalue weighted by Gasteiger charge is 2.16. The van der Waals surface area contributed by atoms with Crippen LogP contribution in [0, 0.1) is 0 Å². The Labute approximate surface area is 140 Å². The molecule has 2 rings (SSSR count). The summed E-state index contributed by atoms with van der Waals surface area (Å²) in [6.07, 6.45) is 0.772. The zero-order valence-electron chi connectivity index (χ0n) is 11.6. The van der Waals surface area contributed by atoms with E-state index in [0.29, 0.717) is 15.7 Å². The second-order valence-electron chi connectivity index (χ2n) is 4.42. The van der Waals surface area contributed by atoms with Crippen molar-refractivity contribution in [2.45, 2.75) is 24.0 Å². The van der Waals surface area contributed by atoms with Crippen LogP contribution in [0.1, 0.15) is 28.7 Å². The molecule has 1 aromatic carbocycles. The van der Waals surface area contributed by atoms with E-state index in [1.165, 1.54) is 11.8 Å². The van der Waals surface area contributed by atoms with Gasteiger partial charge in [-0.05, 0) is 24.6 Å². The second kappa shape index (κ2) is 6.85. The van der Waals surface area contributed by atoms with Crippen LogP contribution in [0.3, 0.4) is 0 Å². The van der Waals surface area contributed by atoms with Crippen molar-refractivity contribution in [3.05, 3.63) is 44.6 Å². The Bertz CT molecular complexity index is 688. The Morgan fingerprint density at radius 3 is 2.81 bits per heavy atom. The third-order valence-electron chi connectivity index (χ3n) is 3.04. The van der Waals surface area contributed by atoms with Crippen LogP contribution in [0.5, 0.6) is 0 Å². The van der Waals surface area contributed by atoms with Crippen molar-refractivity contribution in [3.8, 4) is 0 Å². The highest BCUT2D eigenvalue weighted by Crippen LogP contribution is 2.32. The quantitative estimate of drug-likeness (QED) is 0.771. The average Bonchev–Trinajstić information content (AvgIpc) is 2.71. The summed E-state index contributed by atoms with van der Waals surface area (Å²) in [7, 11) is 1.85. The minimum Gasteiger partial charge on any atom is -0.478 e. The summed E-state index contributed by atoms with van der Waals surface area (Å²) in [6, 6.07) is 5.12. The summed E-state index contributed by atoms with van der Waals surface area (Å²) in [5, 5.41) is 14.3. The number of carbonyl (C=O) groups is 1. The van der Waals surface area contributed by atoms with Crippen LogP contribution in [0.25, 0.3) is 0 Å². The molecule has 0 atom stereocenters. The smallest absolute Gasteiger partial charge is 0.336 e. The number of aryl methyl sites for hydroxylation is 2. The SMILES string of the molecule is CCc1nn(C)c(CSc2cc(Br)ccc2C(=O)O)c1Cl. The lowest BCUT2D eigenvalue weighted by Gasteiger charge is -2.07. The van der Waals surface area contributed by atoms with Crippen molar-refractivity contribution >= 4 is 45.3 Å². The number of aromatic nitrogens is 2. The zero-order valence-corrected chi connectivity index (χ0v) is 14.7. The van der Waals surface area contributed by atoms with Gasteiger partial charge in [0.15, 0.2) is 0 Å². The molecule has 0 bridgehead atoms. The van der Waals surface area contributed by atoms with Crippen LogP contribution in [-0.2, 0) is 19.2 Å². The van der Waals surface area contributed by atoms with Gasteiger partial charge >= 0.3 is 5.97 Å². The predicted molar refractivity (Wildman–Crippen MR) is 88.3 cm³/mol. The lowest BCUT2D eigenvalue weighted by molar-refractivity contribution is 0.0693. The number of nitrogens with zero attached hydrogens (tertiary/aromatic N) is 2. The van der Waals surface area contributed by atoms with Gasteiger partial charge in [-0.15, -0.1) is 11.8 Å². The Morgan fingerprint density at radius 2 is 2.24 bits per heavy atom. The minimum atomic E-state index is -0.935. The number of aromatic carboxylic acids is 1. The van der Waals surface area contributed by atoms with Gasteiger partial charge in [0.25, 0.3) is 0 Å². The fourth-order valence-electron chi connectivity index (χ4n) is 1.92. The molecule has 1 N–H and O–H groups in total. The van der Waals surface area contributed by atoms with E-state index >= 15 is 0 Å². The molecule has 4 nitrogen and oxygen atoms in total. The van der Waals surface area contributed by atoms with Crippen molar-refractivity contribution in [2.75, 3.05) is 0 Å². The normalized spacial score (nSPS) is 10.9. The highest BCUT2D eigenvalue weighted by atomic mass is 79.9. The van der Waals surface area contributed by atoms with Crippen molar-refractivity contribution in [1.29, 1.82) is 0 Å². The minimum absolute atomic E-state index is 0.289. The Balaban J connectivity index is 2.26. The maximum absolute atomic E-state index is 11.3. The number of carboxylic acid groups (broad SMARTS) is 1. The van der Waals surface area contributed by atoms with E-state index in [1.54, 1.807) is 22.9 Å². The van der Waals surface area contributed by atoms with E-state index in [0.717, 1.165) is 22.3 Å². The molecule has 112 valence electrons. The van der Waals surface area contributed by atoms with Gasteiger partial charge in [-0.1, -0.05) is 34.5 Å². The molecule has 0 spiro atoms. The number of hydrogen-bond acceptors (Lipinski definition) is 3. The molecule has 0 saturated heterocycles. The molecule has 0 fully saturated rings. The van der Waals surface area contributed by atoms with E-state index in [4.69, 9.17) is 11.6 Å². The molecule has 7 heteroatoms. The number of thioether (sulfide) groups is 1. The van der Waals surface area contributed by atoms with E-state index < -0.39 is 5.97 Å². The molecular formula is C14H14BrClN2O2S. The first-order chi connectivity index (χ1) is 9.93. The molecule has 0 unspecified atom stereocenters. The molecule has 1 heterocycles. The lowest BCUT2D eigenvalue weighted by Crippen LogP contribution is -2.00. The van der Waals surface area contributed by atoms with Crippen LogP contribution < -0.4 is 0 Å². The van der Waals surface area contributed by atoms with Gasteiger partial charge in [0, 0.05) is 22.2 Å². The van der Waals surface area contributed by atoms with Crippen LogP contribution >= 0.6 is 39.3 Å². The number of halogens is 2. The largest absolute Gasteiger partial charge is 0.478 e. The standard InChI is InChI=1S/C14H14BrClN2O2S/c1-3-10-13(16)11(18(2)17-10)7-21-12-6-8(15)4-5-9(12)14(19)20/h4-6H,3,7H2,1-2H3,(H,19,20). The van der Waals surface area contributed by atoms with E-state index in [9.17, 15) is 9.90 Å².